The molecule has 2 saturated heterocycles. The molecule has 0 aliphatic carbocycles. The fraction of sp³-hybridized carbons (Fsp3) is 0.412. The molecule has 2 aliphatic rings. The summed E-state index contributed by atoms with van der Waals surface area (Å²) in [5.74, 6) is -5.30. The predicted octanol–water partition coefficient (Wildman–Crippen LogP) is 6.65. The van der Waals surface area contributed by atoms with Gasteiger partial charge in [0.2, 0.25) is 15.9 Å². The second kappa shape index (κ2) is 14.1. The number of nitrogens with one attached hydrogen (secondary N) is 2. The van der Waals surface area contributed by atoms with Gasteiger partial charge >= 0.3 is 6.09 Å². The fourth-order valence-corrected chi connectivity index (χ4v) is 7.59. The molecule has 258 valence electrons. The van der Waals surface area contributed by atoms with Gasteiger partial charge < -0.3 is 19.7 Å². The van der Waals surface area contributed by atoms with Crippen molar-refractivity contribution in [2.75, 3.05) is 0 Å². The number of amides is 2. The molecule has 5 rings (SSSR count). The summed E-state index contributed by atoms with van der Waals surface area (Å²) in [6, 6.07) is 12.0. The molecule has 48 heavy (non-hydrogen) atoms. The van der Waals surface area contributed by atoms with Gasteiger partial charge in [-0.05, 0) is 88.4 Å². The SMILES string of the molecule is CC(C)(C)OC(=O)NC1CC2CCC(C1)N2C(=O)C(NS(=O)(=O)c1cccc(OCc2ccc(F)cc2)c1)C(F)(F)c1ccc(Br)cc1. The molecule has 2 bridgehead atoms. The summed E-state index contributed by atoms with van der Waals surface area (Å²) in [7, 11) is -4.70. The van der Waals surface area contributed by atoms with Crippen molar-refractivity contribution in [1.82, 2.24) is 14.9 Å². The second-order valence-corrected chi connectivity index (χ2v) is 15.6. The third-order valence-electron chi connectivity index (χ3n) is 8.25. The number of nitrogens with zero attached hydrogens (tertiary/aromatic N) is 1. The minimum absolute atomic E-state index is 0.00146. The molecular formula is C34H37BrF3N3O6S. The molecule has 2 aliphatic heterocycles. The Hall–Kier alpha value is -3.62. The van der Waals surface area contributed by atoms with Crippen molar-refractivity contribution in [3.8, 4) is 5.75 Å². The third kappa shape index (κ3) is 8.50. The van der Waals surface area contributed by atoms with Gasteiger partial charge in [-0.15, -0.1) is 0 Å². The number of piperidine rings is 1. The van der Waals surface area contributed by atoms with Crippen LogP contribution >= 0.6 is 15.9 Å². The Morgan fingerprint density at radius 1 is 0.979 bits per heavy atom. The number of alkyl carbamates (subject to hydrolysis) is 1. The first kappa shape index (κ1) is 35.7. The molecule has 3 aromatic rings. The largest absolute Gasteiger partial charge is 0.489 e. The van der Waals surface area contributed by atoms with Crippen molar-refractivity contribution in [3.63, 3.8) is 0 Å². The average Bonchev–Trinajstić information content (AvgIpc) is 3.28. The standard InChI is InChI=1S/C34H37BrF3N3O6S/c1-33(2,3)47-32(43)39-25-17-26-15-16-27(18-25)41(26)31(42)30(34(37,38)22-9-11-23(35)12-10-22)40-48(44,45)29-6-4-5-28(19-29)46-20-21-7-13-24(36)14-8-21/h4-14,19,25-27,30,40H,15-18,20H2,1-3H3,(H,39,43). The summed E-state index contributed by atoms with van der Waals surface area (Å²) in [5.41, 5.74) is -0.629. The van der Waals surface area contributed by atoms with Crippen LogP contribution in [0.5, 0.6) is 5.75 Å². The van der Waals surface area contributed by atoms with E-state index < -0.39 is 63.1 Å². The number of hydrogen-bond acceptors (Lipinski definition) is 6. The zero-order chi connectivity index (χ0) is 34.9. The van der Waals surface area contributed by atoms with Crippen LogP contribution in [-0.2, 0) is 32.1 Å². The Morgan fingerprint density at radius 2 is 1.60 bits per heavy atom. The van der Waals surface area contributed by atoms with Gasteiger partial charge in [0.15, 0.2) is 6.04 Å². The lowest BCUT2D eigenvalue weighted by molar-refractivity contribution is -0.149. The Bertz CT molecular complexity index is 1720. The molecule has 2 amide bonds. The number of halogens is 4. The number of rotatable bonds is 10. The summed E-state index contributed by atoms with van der Waals surface area (Å²) in [6.45, 7) is 5.21. The lowest BCUT2D eigenvalue weighted by Gasteiger charge is -2.42. The quantitative estimate of drug-likeness (QED) is 0.240. The van der Waals surface area contributed by atoms with Gasteiger partial charge in [-0.2, -0.15) is 13.5 Å². The van der Waals surface area contributed by atoms with Crippen LogP contribution in [0.3, 0.4) is 0 Å². The van der Waals surface area contributed by atoms with Gasteiger partial charge in [-0.1, -0.05) is 46.3 Å². The van der Waals surface area contributed by atoms with Crippen molar-refractivity contribution in [2.45, 2.75) is 93.6 Å². The van der Waals surface area contributed by atoms with Crippen LogP contribution in [0.15, 0.2) is 82.2 Å². The van der Waals surface area contributed by atoms with E-state index in [4.69, 9.17) is 9.47 Å². The van der Waals surface area contributed by atoms with Gasteiger partial charge in [0.1, 0.15) is 23.8 Å². The van der Waals surface area contributed by atoms with Crippen molar-refractivity contribution < 1.29 is 40.7 Å². The first-order chi connectivity index (χ1) is 22.5. The van der Waals surface area contributed by atoms with Crippen LogP contribution in [-0.4, -0.2) is 55.1 Å². The van der Waals surface area contributed by atoms with E-state index in [1.54, 1.807) is 20.8 Å². The molecule has 3 unspecified atom stereocenters. The number of alkyl halides is 2. The Labute approximate surface area is 286 Å². The van der Waals surface area contributed by atoms with Gasteiger partial charge in [0.05, 0.1) is 4.90 Å². The highest BCUT2D eigenvalue weighted by molar-refractivity contribution is 9.10. The minimum atomic E-state index is -4.70. The monoisotopic (exact) mass is 751 g/mol. The van der Waals surface area contributed by atoms with Gasteiger partial charge in [-0.25, -0.2) is 17.6 Å². The average molecular weight is 753 g/mol. The van der Waals surface area contributed by atoms with Crippen LogP contribution < -0.4 is 14.8 Å². The van der Waals surface area contributed by atoms with Gasteiger partial charge in [0, 0.05) is 34.2 Å². The minimum Gasteiger partial charge on any atom is -0.489 e. The van der Waals surface area contributed by atoms with Crippen LogP contribution in [0.1, 0.15) is 57.6 Å². The summed E-state index contributed by atoms with van der Waals surface area (Å²) in [4.78, 5) is 27.6. The number of ether oxygens (including phenoxy) is 2. The number of hydrogen-bond donors (Lipinski definition) is 2. The maximum atomic E-state index is 16.4. The maximum absolute atomic E-state index is 16.4. The number of sulfonamides is 1. The van der Waals surface area contributed by atoms with E-state index in [2.05, 4.69) is 21.2 Å². The second-order valence-electron chi connectivity index (χ2n) is 13.0. The molecule has 9 nitrogen and oxygen atoms in total. The smallest absolute Gasteiger partial charge is 0.407 e. The molecule has 2 N–H and O–H groups in total. The molecule has 2 heterocycles. The van der Waals surface area contributed by atoms with Crippen LogP contribution in [0, 0.1) is 5.82 Å². The van der Waals surface area contributed by atoms with Gasteiger partial charge in [0.25, 0.3) is 5.92 Å². The summed E-state index contributed by atoms with van der Waals surface area (Å²) in [5, 5.41) is 2.82. The highest BCUT2D eigenvalue weighted by Crippen LogP contribution is 2.40. The number of fused-ring (bicyclic) bond motifs is 2. The normalized spacial score (nSPS) is 20.2. The third-order valence-corrected chi connectivity index (χ3v) is 10.2. The van der Waals surface area contributed by atoms with Crippen LogP contribution in [0.25, 0.3) is 0 Å². The lowest BCUT2D eigenvalue weighted by atomic mass is 9.94. The Kier molecular flexibility index (Phi) is 10.5. The van der Waals surface area contributed by atoms with Crippen molar-refractivity contribution in [2.24, 2.45) is 0 Å². The van der Waals surface area contributed by atoms with E-state index in [1.165, 1.54) is 65.6 Å². The number of benzene rings is 3. The first-order valence-electron chi connectivity index (χ1n) is 15.5. The molecule has 3 aromatic carbocycles. The zero-order valence-corrected chi connectivity index (χ0v) is 29.0. The Morgan fingerprint density at radius 3 is 2.21 bits per heavy atom. The predicted molar refractivity (Wildman–Crippen MR) is 175 cm³/mol. The van der Waals surface area contributed by atoms with E-state index in [0.29, 0.717) is 35.7 Å². The van der Waals surface area contributed by atoms with Crippen molar-refractivity contribution in [1.29, 1.82) is 0 Å². The molecule has 14 heteroatoms. The van der Waals surface area contributed by atoms with Crippen molar-refractivity contribution >= 4 is 38.0 Å². The van der Waals surface area contributed by atoms with E-state index in [0.717, 1.165) is 12.1 Å². The first-order valence-corrected chi connectivity index (χ1v) is 17.7. The molecule has 2 fully saturated rings. The van der Waals surface area contributed by atoms with Crippen molar-refractivity contribution in [3.05, 3.63) is 94.2 Å². The zero-order valence-electron chi connectivity index (χ0n) is 26.6. The molecule has 0 aromatic heterocycles. The molecule has 0 saturated carbocycles. The number of carbonyl (C=O) groups is 2. The van der Waals surface area contributed by atoms with E-state index >= 15 is 8.78 Å². The highest BCUT2D eigenvalue weighted by Gasteiger charge is 2.54. The molecule has 3 atom stereocenters. The van der Waals surface area contributed by atoms with E-state index in [-0.39, 0.29) is 23.3 Å². The molecule has 0 spiro atoms. The van der Waals surface area contributed by atoms with E-state index in [1.807, 2.05) is 4.72 Å². The molecule has 0 radical (unpaired) electrons. The summed E-state index contributed by atoms with van der Waals surface area (Å²) in [6.07, 6.45) is 1.03. The lowest BCUT2D eigenvalue weighted by Crippen LogP contribution is -2.61. The highest BCUT2D eigenvalue weighted by atomic mass is 79.9. The maximum Gasteiger partial charge on any atom is 0.407 e. The summed E-state index contributed by atoms with van der Waals surface area (Å²) >= 11 is 3.22. The topological polar surface area (TPSA) is 114 Å². The van der Waals surface area contributed by atoms with Crippen LogP contribution in [0.4, 0.5) is 18.0 Å². The Balaban J connectivity index is 1.39. The molecular weight excluding hydrogens is 715 g/mol. The van der Waals surface area contributed by atoms with Gasteiger partial charge in [-0.3, -0.25) is 4.79 Å². The summed E-state index contributed by atoms with van der Waals surface area (Å²) < 4.78 is 87.1. The van der Waals surface area contributed by atoms with Crippen LogP contribution in [0.2, 0.25) is 0 Å². The number of carbonyl (C=O) groups excluding carboxylic acids is 2. The fourth-order valence-electron chi connectivity index (χ4n) is 6.10. The van der Waals surface area contributed by atoms with E-state index in [9.17, 15) is 22.4 Å².